The van der Waals surface area contributed by atoms with Gasteiger partial charge in [-0.3, -0.25) is 0 Å². The number of hydrogen-bond donors (Lipinski definition) is 2. The maximum Gasteiger partial charge on any atom is 0.314 e. The number of carbonyl (C=O) groups is 1. The third kappa shape index (κ3) is 2.55. The van der Waals surface area contributed by atoms with Crippen LogP contribution in [0.5, 0.6) is 0 Å². The summed E-state index contributed by atoms with van der Waals surface area (Å²) in [5.41, 5.74) is 5.08. The maximum atomic E-state index is 10.6. The lowest BCUT2D eigenvalue weighted by atomic mass is 10.2. The number of primary amides is 1. The van der Waals surface area contributed by atoms with Crippen molar-refractivity contribution >= 4 is 18.4 Å². The van der Waals surface area contributed by atoms with Gasteiger partial charge in [0.05, 0.1) is 0 Å². The van der Waals surface area contributed by atoms with Crippen molar-refractivity contribution in [1.82, 2.24) is 10.2 Å². The van der Waals surface area contributed by atoms with Crippen molar-refractivity contribution in [3.63, 3.8) is 0 Å². The van der Waals surface area contributed by atoms with Crippen molar-refractivity contribution in [3.8, 4) is 0 Å². The lowest BCUT2D eigenvalue weighted by Crippen LogP contribution is -2.41. The quantitative estimate of drug-likeness (QED) is 0.585. The fraction of sp³-hybridized carbons (Fsp3) is 0.833. The largest absolute Gasteiger partial charge is 0.351 e. The van der Waals surface area contributed by atoms with Crippen LogP contribution in [0.25, 0.3) is 0 Å². The molecule has 0 spiro atoms. The average molecular weight is 180 g/mol. The van der Waals surface area contributed by atoms with Crippen LogP contribution in [-0.4, -0.2) is 37.1 Å². The van der Waals surface area contributed by atoms with Gasteiger partial charge in [0.15, 0.2) is 0 Å². The molecule has 11 heavy (non-hydrogen) atoms. The van der Waals surface area contributed by atoms with Crippen LogP contribution >= 0.6 is 12.4 Å². The first-order chi connectivity index (χ1) is 4.72. The number of hydrogen-bond acceptors (Lipinski definition) is 2. The summed E-state index contributed by atoms with van der Waals surface area (Å²) in [6.45, 7) is 1.86. The summed E-state index contributed by atoms with van der Waals surface area (Å²) >= 11 is 0. The molecule has 1 aliphatic heterocycles. The second-order valence-electron chi connectivity index (χ2n) is 2.60. The molecular weight excluding hydrogens is 166 g/mol. The van der Waals surface area contributed by atoms with E-state index in [1.54, 1.807) is 11.9 Å². The highest BCUT2D eigenvalue weighted by Gasteiger charge is 2.20. The zero-order valence-corrected chi connectivity index (χ0v) is 7.36. The van der Waals surface area contributed by atoms with Crippen molar-refractivity contribution in [1.29, 1.82) is 0 Å². The molecule has 0 bridgehead atoms. The molecule has 0 saturated carbocycles. The lowest BCUT2D eigenvalue weighted by molar-refractivity contribution is 0.203. The predicted octanol–water partition coefficient (Wildman–Crippen LogP) is -0.219. The molecule has 3 N–H and O–H groups in total. The highest BCUT2D eigenvalue weighted by molar-refractivity contribution is 5.85. The Balaban J connectivity index is 0.000001000. The highest BCUT2D eigenvalue weighted by Crippen LogP contribution is 2.04. The smallest absolute Gasteiger partial charge is 0.314 e. The maximum absolute atomic E-state index is 10.6. The van der Waals surface area contributed by atoms with Crippen LogP contribution in [0.4, 0.5) is 4.79 Å². The Morgan fingerprint density at radius 3 is 2.73 bits per heavy atom. The summed E-state index contributed by atoms with van der Waals surface area (Å²) in [6.07, 6.45) is 1.01. The van der Waals surface area contributed by atoms with Crippen LogP contribution in [0.15, 0.2) is 0 Å². The van der Waals surface area contributed by atoms with Gasteiger partial charge < -0.3 is 16.0 Å². The fourth-order valence-corrected chi connectivity index (χ4v) is 1.15. The first-order valence-electron chi connectivity index (χ1n) is 3.45. The van der Waals surface area contributed by atoms with Crippen LogP contribution in [-0.2, 0) is 0 Å². The number of amides is 2. The Morgan fingerprint density at radius 2 is 2.36 bits per heavy atom. The molecule has 2 amide bonds. The molecule has 1 unspecified atom stereocenters. The van der Waals surface area contributed by atoms with Gasteiger partial charge in [-0.2, -0.15) is 0 Å². The minimum absolute atomic E-state index is 0. The number of likely N-dealkylation sites (N-methyl/N-ethyl adjacent to an activating group) is 1. The molecule has 0 aromatic heterocycles. The number of nitrogens with zero attached hydrogens (tertiary/aromatic N) is 1. The number of rotatable bonds is 1. The molecule has 1 fully saturated rings. The van der Waals surface area contributed by atoms with E-state index in [4.69, 9.17) is 5.73 Å². The number of urea groups is 1. The second-order valence-corrected chi connectivity index (χ2v) is 2.60. The van der Waals surface area contributed by atoms with Crippen LogP contribution in [0.1, 0.15) is 6.42 Å². The second kappa shape index (κ2) is 4.41. The average Bonchev–Trinajstić information content (AvgIpc) is 2.36. The molecule has 1 aliphatic rings. The van der Waals surface area contributed by atoms with Crippen LogP contribution < -0.4 is 11.1 Å². The van der Waals surface area contributed by atoms with E-state index < -0.39 is 0 Å². The minimum Gasteiger partial charge on any atom is -0.351 e. The van der Waals surface area contributed by atoms with Gasteiger partial charge in [-0.05, 0) is 13.0 Å². The molecule has 0 radical (unpaired) electrons. The number of nitrogens with one attached hydrogen (secondary N) is 1. The molecule has 1 saturated heterocycles. The predicted molar refractivity (Wildman–Crippen MR) is 45.9 cm³/mol. The molecule has 1 atom stereocenters. The first kappa shape index (κ1) is 10.5. The molecule has 5 heteroatoms. The zero-order valence-electron chi connectivity index (χ0n) is 6.54. The third-order valence-corrected chi connectivity index (χ3v) is 1.93. The summed E-state index contributed by atoms with van der Waals surface area (Å²) in [4.78, 5) is 12.2. The molecular formula is C6H14ClN3O. The SMILES string of the molecule is CN(C(N)=O)C1CCNC1.Cl. The van der Waals surface area contributed by atoms with Crippen molar-refractivity contribution in [2.75, 3.05) is 20.1 Å². The molecule has 1 heterocycles. The van der Waals surface area contributed by atoms with Crippen molar-refractivity contribution in [3.05, 3.63) is 0 Å². The molecule has 0 aromatic carbocycles. The Hall–Kier alpha value is -0.480. The van der Waals surface area contributed by atoms with Crippen molar-refractivity contribution in [2.24, 2.45) is 5.73 Å². The molecule has 1 rings (SSSR count). The zero-order chi connectivity index (χ0) is 7.56. The Labute approximate surface area is 72.5 Å². The van der Waals surface area contributed by atoms with Crippen LogP contribution in [0.3, 0.4) is 0 Å². The Kier molecular flexibility index (Phi) is 4.22. The fourth-order valence-electron chi connectivity index (χ4n) is 1.15. The number of nitrogens with two attached hydrogens (primary N) is 1. The van der Waals surface area contributed by atoms with Gasteiger partial charge in [-0.25, -0.2) is 4.79 Å². The van der Waals surface area contributed by atoms with E-state index in [-0.39, 0.29) is 18.4 Å². The van der Waals surface area contributed by atoms with Gasteiger partial charge in [0.25, 0.3) is 0 Å². The van der Waals surface area contributed by atoms with Crippen LogP contribution in [0.2, 0.25) is 0 Å². The van der Waals surface area contributed by atoms with Crippen LogP contribution in [0, 0.1) is 0 Å². The topological polar surface area (TPSA) is 58.4 Å². The van der Waals surface area contributed by atoms with Gasteiger partial charge in [-0.15, -0.1) is 12.4 Å². The normalized spacial score (nSPS) is 22.5. The van der Waals surface area contributed by atoms with E-state index in [2.05, 4.69) is 5.32 Å². The summed E-state index contributed by atoms with van der Waals surface area (Å²) in [5.74, 6) is 0. The summed E-state index contributed by atoms with van der Waals surface area (Å²) in [5, 5.41) is 3.16. The van der Waals surface area contributed by atoms with E-state index in [1.165, 1.54) is 0 Å². The molecule has 0 aromatic rings. The number of halogens is 1. The highest BCUT2D eigenvalue weighted by atomic mass is 35.5. The summed E-state index contributed by atoms with van der Waals surface area (Å²) in [7, 11) is 1.74. The van der Waals surface area contributed by atoms with E-state index in [1.807, 2.05) is 0 Å². The van der Waals surface area contributed by atoms with E-state index in [9.17, 15) is 4.79 Å². The van der Waals surface area contributed by atoms with Gasteiger partial charge in [0, 0.05) is 19.6 Å². The summed E-state index contributed by atoms with van der Waals surface area (Å²) in [6, 6.07) is -0.0359. The van der Waals surface area contributed by atoms with Gasteiger partial charge >= 0.3 is 6.03 Å². The van der Waals surface area contributed by atoms with Gasteiger partial charge in [-0.1, -0.05) is 0 Å². The Morgan fingerprint density at radius 1 is 1.73 bits per heavy atom. The van der Waals surface area contributed by atoms with Crippen molar-refractivity contribution < 1.29 is 4.79 Å². The lowest BCUT2D eigenvalue weighted by Gasteiger charge is -2.20. The number of carbonyl (C=O) groups excluding carboxylic acids is 1. The minimum atomic E-state index is -0.339. The van der Waals surface area contributed by atoms with Gasteiger partial charge in [0.2, 0.25) is 0 Å². The molecule has 66 valence electrons. The van der Waals surface area contributed by atoms with Gasteiger partial charge in [0.1, 0.15) is 0 Å². The monoisotopic (exact) mass is 179 g/mol. The molecule has 0 aliphatic carbocycles. The standard InChI is InChI=1S/C6H13N3O.ClH/c1-9(6(7)10)5-2-3-8-4-5;/h5,8H,2-4H2,1H3,(H2,7,10);1H. The van der Waals surface area contributed by atoms with E-state index >= 15 is 0 Å². The van der Waals surface area contributed by atoms with E-state index in [0.29, 0.717) is 6.04 Å². The third-order valence-electron chi connectivity index (χ3n) is 1.93. The Bertz CT molecular complexity index is 136. The summed E-state index contributed by atoms with van der Waals surface area (Å²) < 4.78 is 0. The first-order valence-corrected chi connectivity index (χ1v) is 3.45. The molecule has 4 nitrogen and oxygen atoms in total. The van der Waals surface area contributed by atoms with E-state index in [0.717, 1.165) is 19.5 Å². The van der Waals surface area contributed by atoms with Crippen molar-refractivity contribution in [2.45, 2.75) is 12.5 Å².